The highest BCUT2D eigenvalue weighted by Crippen LogP contribution is 2.24. The van der Waals surface area contributed by atoms with Gasteiger partial charge in [0.25, 0.3) is 11.8 Å². The van der Waals surface area contributed by atoms with Crippen molar-refractivity contribution in [3.8, 4) is 0 Å². The highest BCUT2D eigenvalue weighted by Gasteiger charge is 2.31. The van der Waals surface area contributed by atoms with Crippen LogP contribution in [0.15, 0.2) is 0 Å². The number of carbonyl (C=O) groups is 2. The van der Waals surface area contributed by atoms with E-state index >= 15 is 0 Å². The van der Waals surface area contributed by atoms with E-state index in [0.29, 0.717) is 24.0 Å². The van der Waals surface area contributed by atoms with Crippen LogP contribution >= 0.6 is 0 Å². The first-order valence-electron chi connectivity index (χ1n) is 9.28. The van der Waals surface area contributed by atoms with Crippen molar-refractivity contribution in [2.24, 2.45) is 5.92 Å². The highest BCUT2D eigenvalue weighted by molar-refractivity contribution is 5.97. The number of amides is 2. The molecule has 1 fully saturated rings. The van der Waals surface area contributed by atoms with E-state index in [2.05, 4.69) is 17.2 Å². The topological polar surface area (TPSA) is 67.2 Å². The second kappa shape index (κ2) is 7.36. The molecule has 2 aliphatic rings. The molecule has 0 aromatic carbocycles. The van der Waals surface area contributed by atoms with Crippen LogP contribution in [0.5, 0.6) is 0 Å². The molecule has 6 nitrogen and oxygen atoms in total. The molecule has 3 rings (SSSR count). The fraction of sp³-hybridized carbons (Fsp3) is 0.722. The van der Waals surface area contributed by atoms with E-state index in [1.807, 2.05) is 16.4 Å². The van der Waals surface area contributed by atoms with E-state index in [9.17, 15) is 9.59 Å². The Morgan fingerprint density at radius 2 is 2.08 bits per heavy atom. The lowest BCUT2D eigenvalue weighted by molar-refractivity contribution is 0.0664. The van der Waals surface area contributed by atoms with Crippen LogP contribution in [-0.2, 0) is 13.0 Å². The van der Waals surface area contributed by atoms with Gasteiger partial charge in [-0.25, -0.2) is 4.98 Å². The first kappa shape index (κ1) is 17.0. The van der Waals surface area contributed by atoms with Crippen LogP contribution in [0, 0.1) is 5.92 Å². The minimum atomic E-state index is -0.145. The molecule has 1 unspecified atom stereocenters. The van der Waals surface area contributed by atoms with E-state index in [1.54, 1.807) is 0 Å². The molecule has 1 aromatic rings. The molecule has 3 heterocycles. The van der Waals surface area contributed by atoms with Crippen molar-refractivity contribution in [2.75, 3.05) is 19.6 Å². The number of fused-ring (bicyclic) bond motifs is 1. The summed E-state index contributed by atoms with van der Waals surface area (Å²) < 4.78 is 1.99. The lowest BCUT2D eigenvalue weighted by atomic mass is 10.0. The second-order valence-corrected chi connectivity index (χ2v) is 7.09. The van der Waals surface area contributed by atoms with Crippen molar-refractivity contribution < 1.29 is 9.59 Å². The second-order valence-electron chi connectivity index (χ2n) is 7.09. The van der Waals surface area contributed by atoms with Gasteiger partial charge in [0.2, 0.25) is 0 Å². The SMILES string of the molecule is CCCNC(=O)c1nc(C(=O)N2CCCC(C)C2)n2c1CCCC2. The van der Waals surface area contributed by atoms with Crippen molar-refractivity contribution in [3.05, 3.63) is 17.2 Å². The lowest BCUT2D eigenvalue weighted by Crippen LogP contribution is -2.40. The molecule has 2 amide bonds. The van der Waals surface area contributed by atoms with Gasteiger partial charge in [0.1, 0.15) is 5.69 Å². The number of likely N-dealkylation sites (tertiary alicyclic amines) is 1. The van der Waals surface area contributed by atoms with E-state index in [0.717, 1.165) is 57.4 Å². The zero-order valence-corrected chi connectivity index (χ0v) is 14.8. The molecule has 1 N–H and O–H groups in total. The molecular formula is C18H28N4O2. The molecule has 2 aliphatic heterocycles. The summed E-state index contributed by atoms with van der Waals surface area (Å²) in [5.74, 6) is 0.832. The number of piperidine rings is 1. The zero-order valence-electron chi connectivity index (χ0n) is 14.8. The Bertz CT molecular complexity index is 623. The standard InChI is InChI=1S/C18H28N4O2/c1-3-9-19-17(23)15-14-8-4-5-11-22(14)16(20-15)18(24)21-10-6-7-13(2)12-21/h13H,3-12H2,1-2H3,(H,19,23). The molecule has 6 heteroatoms. The Balaban J connectivity index is 1.88. The number of aromatic nitrogens is 2. The van der Waals surface area contributed by atoms with Crippen molar-refractivity contribution in [2.45, 2.75) is 58.9 Å². The van der Waals surface area contributed by atoms with Crippen LogP contribution in [0.4, 0.5) is 0 Å². The van der Waals surface area contributed by atoms with Crippen LogP contribution < -0.4 is 5.32 Å². The molecular weight excluding hydrogens is 304 g/mol. The monoisotopic (exact) mass is 332 g/mol. The Morgan fingerprint density at radius 1 is 1.25 bits per heavy atom. The molecule has 1 aromatic heterocycles. The fourth-order valence-electron chi connectivity index (χ4n) is 3.73. The average molecular weight is 332 g/mol. The molecule has 132 valence electrons. The van der Waals surface area contributed by atoms with Crippen LogP contribution in [0.25, 0.3) is 0 Å². The van der Waals surface area contributed by atoms with Gasteiger partial charge in [-0.1, -0.05) is 13.8 Å². The summed E-state index contributed by atoms with van der Waals surface area (Å²) >= 11 is 0. The first-order chi connectivity index (χ1) is 11.6. The minimum Gasteiger partial charge on any atom is -0.351 e. The maximum atomic E-state index is 13.0. The number of nitrogens with zero attached hydrogens (tertiary/aromatic N) is 3. The summed E-state index contributed by atoms with van der Waals surface area (Å²) in [7, 11) is 0. The van der Waals surface area contributed by atoms with Gasteiger partial charge in [-0.15, -0.1) is 0 Å². The summed E-state index contributed by atoms with van der Waals surface area (Å²) in [5, 5.41) is 2.90. The number of hydrogen-bond acceptors (Lipinski definition) is 3. The summed E-state index contributed by atoms with van der Waals surface area (Å²) in [6, 6.07) is 0. The number of rotatable bonds is 4. The maximum Gasteiger partial charge on any atom is 0.289 e. The van der Waals surface area contributed by atoms with Crippen LogP contribution in [0.3, 0.4) is 0 Å². The van der Waals surface area contributed by atoms with Crippen LogP contribution in [0.2, 0.25) is 0 Å². The van der Waals surface area contributed by atoms with Crippen molar-refractivity contribution in [3.63, 3.8) is 0 Å². The van der Waals surface area contributed by atoms with Crippen LogP contribution in [0.1, 0.15) is 72.8 Å². The average Bonchev–Trinajstić information content (AvgIpc) is 2.99. The van der Waals surface area contributed by atoms with E-state index in [1.165, 1.54) is 6.42 Å². The van der Waals surface area contributed by atoms with Gasteiger partial charge in [-0.05, 0) is 44.4 Å². The predicted molar refractivity (Wildman–Crippen MR) is 92.1 cm³/mol. The summed E-state index contributed by atoms with van der Waals surface area (Å²) in [4.78, 5) is 31.8. The summed E-state index contributed by atoms with van der Waals surface area (Å²) in [5.41, 5.74) is 1.39. The molecule has 0 bridgehead atoms. The summed E-state index contributed by atoms with van der Waals surface area (Å²) in [6.07, 6.45) is 6.02. The van der Waals surface area contributed by atoms with Gasteiger partial charge in [0.05, 0.1) is 5.69 Å². The Labute approximate surface area is 143 Å². The highest BCUT2D eigenvalue weighted by atomic mass is 16.2. The molecule has 1 saturated heterocycles. The molecule has 0 saturated carbocycles. The smallest absolute Gasteiger partial charge is 0.289 e. The van der Waals surface area contributed by atoms with Crippen molar-refractivity contribution in [1.29, 1.82) is 0 Å². The van der Waals surface area contributed by atoms with Gasteiger partial charge in [0.15, 0.2) is 5.82 Å². The molecule has 0 radical (unpaired) electrons. The van der Waals surface area contributed by atoms with E-state index in [-0.39, 0.29) is 11.8 Å². The predicted octanol–water partition coefficient (Wildman–Crippen LogP) is 2.23. The molecule has 0 spiro atoms. The maximum absolute atomic E-state index is 13.0. The number of carbonyl (C=O) groups excluding carboxylic acids is 2. The minimum absolute atomic E-state index is 0.0146. The van der Waals surface area contributed by atoms with Crippen molar-refractivity contribution >= 4 is 11.8 Å². The third kappa shape index (κ3) is 3.32. The first-order valence-corrected chi connectivity index (χ1v) is 9.28. The third-order valence-corrected chi connectivity index (χ3v) is 5.00. The normalized spacial score (nSPS) is 20.6. The van der Waals surface area contributed by atoms with Gasteiger partial charge < -0.3 is 14.8 Å². The Kier molecular flexibility index (Phi) is 5.21. The summed E-state index contributed by atoms with van der Waals surface area (Å²) in [6.45, 7) is 7.21. The number of nitrogens with one attached hydrogen (secondary N) is 1. The lowest BCUT2D eigenvalue weighted by Gasteiger charge is -2.31. The van der Waals surface area contributed by atoms with E-state index in [4.69, 9.17) is 0 Å². The molecule has 0 aliphatic carbocycles. The van der Waals surface area contributed by atoms with Gasteiger partial charge in [0, 0.05) is 26.2 Å². The fourth-order valence-corrected chi connectivity index (χ4v) is 3.73. The van der Waals surface area contributed by atoms with Crippen molar-refractivity contribution in [1.82, 2.24) is 19.8 Å². The van der Waals surface area contributed by atoms with Gasteiger partial charge >= 0.3 is 0 Å². The third-order valence-electron chi connectivity index (χ3n) is 5.00. The zero-order chi connectivity index (χ0) is 17.1. The Hall–Kier alpha value is -1.85. The largest absolute Gasteiger partial charge is 0.351 e. The number of imidazole rings is 1. The molecule has 1 atom stereocenters. The van der Waals surface area contributed by atoms with Gasteiger partial charge in [-0.2, -0.15) is 0 Å². The van der Waals surface area contributed by atoms with Gasteiger partial charge in [-0.3, -0.25) is 9.59 Å². The molecule has 24 heavy (non-hydrogen) atoms. The number of hydrogen-bond donors (Lipinski definition) is 1. The van der Waals surface area contributed by atoms with Crippen LogP contribution in [-0.4, -0.2) is 45.9 Å². The Morgan fingerprint density at radius 3 is 2.83 bits per heavy atom. The quantitative estimate of drug-likeness (QED) is 0.919. The van der Waals surface area contributed by atoms with E-state index < -0.39 is 0 Å².